The lowest BCUT2D eigenvalue weighted by molar-refractivity contribution is -0.137. The van der Waals surface area contributed by atoms with E-state index in [1.165, 1.54) is 48.5 Å². The largest absolute Gasteiger partial charge is 0.439 e. The van der Waals surface area contributed by atoms with Gasteiger partial charge < -0.3 is 10.5 Å². The van der Waals surface area contributed by atoms with Gasteiger partial charge in [0.1, 0.15) is 17.3 Å². The number of rotatable bonds is 4. The van der Waals surface area contributed by atoms with Crippen molar-refractivity contribution in [3.63, 3.8) is 0 Å². The smallest absolute Gasteiger partial charge is 0.416 e. The molecule has 1 aromatic heterocycles. The molecule has 3 aromatic rings. The third kappa shape index (κ3) is 4.22. The van der Waals surface area contributed by atoms with Gasteiger partial charge >= 0.3 is 6.18 Å². The van der Waals surface area contributed by atoms with Crippen molar-refractivity contribution in [1.29, 1.82) is 0 Å². The van der Waals surface area contributed by atoms with Crippen molar-refractivity contribution in [2.45, 2.75) is 6.18 Å². The molecule has 4 nitrogen and oxygen atoms in total. The lowest BCUT2D eigenvalue weighted by Crippen LogP contribution is -2.15. The zero-order valence-corrected chi connectivity index (χ0v) is 13.6. The SMILES string of the molecule is NC(=O)c1nc(Oc2cccc(C(F)(F)F)c2)ccc1-c1ccc(F)cc1. The lowest BCUT2D eigenvalue weighted by atomic mass is 10.0. The molecule has 3 rings (SSSR count). The van der Waals surface area contributed by atoms with Crippen LogP contribution in [0.1, 0.15) is 16.1 Å². The first-order valence-electron chi connectivity index (χ1n) is 7.66. The number of carbonyl (C=O) groups is 1. The first kappa shape index (κ1) is 18.4. The lowest BCUT2D eigenvalue weighted by Gasteiger charge is -2.11. The summed E-state index contributed by atoms with van der Waals surface area (Å²) in [7, 11) is 0. The van der Waals surface area contributed by atoms with E-state index in [2.05, 4.69) is 4.98 Å². The van der Waals surface area contributed by atoms with Gasteiger partial charge in [0, 0.05) is 11.6 Å². The predicted molar refractivity (Wildman–Crippen MR) is 89.7 cm³/mol. The van der Waals surface area contributed by atoms with Crippen LogP contribution in [0.4, 0.5) is 17.6 Å². The maximum Gasteiger partial charge on any atom is 0.416 e. The minimum absolute atomic E-state index is 0.0951. The minimum atomic E-state index is -4.52. The summed E-state index contributed by atoms with van der Waals surface area (Å²) in [6.45, 7) is 0. The normalized spacial score (nSPS) is 11.3. The molecule has 0 fully saturated rings. The minimum Gasteiger partial charge on any atom is -0.439 e. The van der Waals surface area contributed by atoms with Crippen LogP contribution in [-0.2, 0) is 6.18 Å². The summed E-state index contributed by atoms with van der Waals surface area (Å²) in [6, 6.07) is 12.4. The van der Waals surface area contributed by atoms with E-state index >= 15 is 0 Å². The van der Waals surface area contributed by atoms with Gasteiger partial charge in [-0.2, -0.15) is 13.2 Å². The van der Waals surface area contributed by atoms with Crippen LogP contribution in [-0.4, -0.2) is 10.9 Å². The molecule has 0 aliphatic heterocycles. The number of amides is 1. The van der Waals surface area contributed by atoms with Crippen LogP contribution >= 0.6 is 0 Å². The van der Waals surface area contributed by atoms with Gasteiger partial charge in [-0.3, -0.25) is 4.79 Å². The summed E-state index contributed by atoms with van der Waals surface area (Å²) in [5, 5.41) is 0. The second-order valence-corrected chi connectivity index (χ2v) is 5.54. The van der Waals surface area contributed by atoms with Crippen LogP contribution in [0.5, 0.6) is 11.6 Å². The van der Waals surface area contributed by atoms with Crippen LogP contribution in [0.2, 0.25) is 0 Å². The van der Waals surface area contributed by atoms with Gasteiger partial charge in [0.05, 0.1) is 5.56 Å². The number of primary amides is 1. The third-order valence-corrected chi connectivity index (χ3v) is 3.64. The van der Waals surface area contributed by atoms with Crippen LogP contribution in [0.15, 0.2) is 60.7 Å². The number of nitrogens with two attached hydrogens (primary N) is 1. The summed E-state index contributed by atoms with van der Waals surface area (Å²) in [6.07, 6.45) is -4.52. The Kier molecular flexibility index (Phi) is 4.81. The van der Waals surface area contributed by atoms with Gasteiger partial charge in [0.15, 0.2) is 0 Å². The number of hydrogen-bond donors (Lipinski definition) is 1. The number of ether oxygens (including phenoxy) is 1. The maximum absolute atomic E-state index is 13.1. The molecule has 0 spiro atoms. The number of aromatic nitrogens is 1. The fourth-order valence-corrected chi connectivity index (χ4v) is 2.40. The number of benzene rings is 2. The molecule has 0 atom stereocenters. The molecule has 0 saturated heterocycles. The summed E-state index contributed by atoms with van der Waals surface area (Å²) in [5.74, 6) is -1.50. The number of alkyl halides is 3. The highest BCUT2D eigenvalue weighted by molar-refractivity contribution is 5.98. The molecule has 0 saturated carbocycles. The van der Waals surface area contributed by atoms with Gasteiger partial charge in [0.2, 0.25) is 5.88 Å². The molecule has 27 heavy (non-hydrogen) atoms. The van der Waals surface area contributed by atoms with E-state index in [9.17, 15) is 22.4 Å². The Bertz CT molecular complexity index is 986. The highest BCUT2D eigenvalue weighted by atomic mass is 19.4. The van der Waals surface area contributed by atoms with Crippen LogP contribution in [0, 0.1) is 5.82 Å². The Labute approximate surface area is 151 Å². The molecule has 0 bridgehead atoms. The number of pyridine rings is 1. The zero-order valence-electron chi connectivity index (χ0n) is 13.6. The van der Waals surface area contributed by atoms with Crippen molar-refractivity contribution in [1.82, 2.24) is 4.98 Å². The Balaban J connectivity index is 1.95. The molecule has 2 N–H and O–H groups in total. The van der Waals surface area contributed by atoms with E-state index < -0.39 is 23.5 Å². The van der Waals surface area contributed by atoms with E-state index in [0.29, 0.717) is 11.1 Å². The van der Waals surface area contributed by atoms with Crippen molar-refractivity contribution in [2.75, 3.05) is 0 Å². The Morgan fingerprint density at radius 1 is 1.00 bits per heavy atom. The standard InChI is InChI=1S/C19H12F4N2O2/c20-13-6-4-11(5-7-13)15-8-9-16(25-17(15)18(24)26)27-14-3-1-2-12(10-14)19(21,22)23/h1-10H,(H2,24,26). The van der Waals surface area contributed by atoms with Gasteiger partial charge in [-0.05, 0) is 42.0 Å². The average molecular weight is 376 g/mol. The molecule has 0 unspecified atom stereocenters. The molecule has 0 aliphatic carbocycles. The van der Waals surface area contributed by atoms with Gasteiger partial charge in [-0.1, -0.05) is 18.2 Å². The number of nitrogens with zero attached hydrogens (tertiary/aromatic N) is 1. The molecular formula is C19H12F4N2O2. The highest BCUT2D eigenvalue weighted by Crippen LogP contribution is 2.33. The maximum atomic E-state index is 13.1. The second-order valence-electron chi connectivity index (χ2n) is 5.54. The molecule has 0 radical (unpaired) electrons. The fraction of sp³-hybridized carbons (Fsp3) is 0.0526. The van der Waals surface area contributed by atoms with E-state index in [1.807, 2.05) is 0 Å². The Morgan fingerprint density at radius 3 is 2.33 bits per heavy atom. The third-order valence-electron chi connectivity index (χ3n) is 3.64. The monoisotopic (exact) mass is 376 g/mol. The summed E-state index contributed by atoms with van der Waals surface area (Å²) >= 11 is 0. The van der Waals surface area contributed by atoms with E-state index in [0.717, 1.165) is 12.1 Å². The number of carbonyl (C=O) groups excluding carboxylic acids is 1. The van der Waals surface area contributed by atoms with Crippen molar-refractivity contribution < 1.29 is 27.1 Å². The van der Waals surface area contributed by atoms with E-state index in [-0.39, 0.29) is 17.3 Å². The molecule has 8 heteroatoms. The fourth-order valence-electron chi connectivity index (χ4n) is 2.40. The van der Waals surface area contributed by atoms with E-state index in [4.69, 9.17) is 10.5 Å². The van der Waals surface area contributed by atoms with Crippen molar-refractivity contribution in [2.24, 2.45) is 5.73 Å². The Hall–Kier alpha value is -3.42. The Morgan fingerprint density at radius 2 is 1.70 bits per heavy atom. The van der Waals surface area contributed by atoms with Crippen LogP contribution < -0.4 is 10.5 Å². The van der Waals surface area contributed by atoms with Crippen molar-refractivity contribution in [3.8, 4) is 22.8 Å². The highest BCUT2D eigenvalue weighted by Gasteiger charge is 2.30. The molecular weight excluding hydrogens is 364 g/mol. The summed E-state index contributed by atoms with van der Waals surface area (Å²) in [4.78, 5) is 15.7. The molecule has 1 heterocycles. The first-order chi connectivity index (χ1) is 12.7. The molecule has 2 aromatic carbocycles. The zero-order chi connectivity index (χ0) is 19.6. The predicted octanol–water partition coefficient (Wildman–Crippen LogP) is 4.80. The number of hydrogen-bond acceptors (Lipinski definition) is 3. The quantitative estimate of drug-likeness (QED) is 0.666. The van der Waals surface area contributed by atoms with Gasteiger partial charge in [-0.15, -0.1) is 0 Å². The average Bonchev–Trinajstić information content (AvgIpc) is 2.62. The van der Waals surface area contributed by atoms with E-state index in [1.54, 1.807) is 0 Å². The first-order valence-corrected chi connectivity index (χ1v) is 7.66. The van der Waals surface area contributed by atoms with Crippen molar-refractivity contribution in [3.05, 3.63) is 77.7 Å². The second kappa shape index (κ2) is 7.06. The summed E-state index contributed by atoms with van der Waals surface area (Å²) in [5.41, 5.74) is 5.17. The van der Waals surface area contributed by atoms with Gasteiger partial charge in [-0.25, -0.2) is 9.37 Å². The van der Waals surface area contributed by atoms with Crippen LogP contribution in [0.25, 0.3) is 11.1 Å². The van der Waals surface area contributed by atoms with Crippen LogP contribution in [0.3, 0.4) is 0 Å². The number of halogens is 4. The van der Waals surface area contributed by atoms with Gasteiger partial charge in [0.25, 0.3) is 5.91 Å². The topological polar surface area (TPSA) is 65.2 Å². The molecule has 1 amide bonds. The summed E-state index contributed by atoms with van der Waals surface area (Å²) < 4.78 is 56.8. The molecule has 0 aliphatic rings. The van der Waals surface area contributed by atoms with Crippen molar-refractivity contribution >= 4 is 5.91 Å². The molecule has 138 valence electrons.